The molecular weight excluding hydrogens is 279 g/mol. The van der Waals surface area contributed by atoms with Gasteiger partial charge < -0.3 is 9.73 Å². The Bertz CT molecular complexity index is 523. The molecule has 0 aliphatic heterocycles. The van der Waals surface area contributed by atoms with Crippen molar-refractivity contribution in [3.05, 3.63) is 58.8 Å². The van der Waals surface area contributed by atoms with Crippen molar-refractivity contribution in [3.8, 4) is 0 Å². The molecule has 0 fully saturated rings. The standard InChI is InChI=1S/C15H18ClFN2O/c1-19(2)14(15-4-3-5-20-15)10-18-9-11-6-12(16)8-13(17)7-11/h3-8,14,18H,9-10H2,1-2H3. The van der Waals surface area contributed by atoms with Crippen molar-refractivity contribution >= 4 is 11.6 Å². The minimum absolute atomic E-state index is 0.133. The van der Waals surface area contributed by atoms with Gasteiger partial charge in [-0.25, -0.2) is 4.39 Å². The van der Waals surface area contributed by atoms with Gasteiger partial charge in [0, 0.05) is 18.1 Å². The van der Waals surface area contributed by atoms with E-state index < -0.39 is 0 Å². The third kappa shape index (κ3) is 4.07. The van der Waals surface area contributed by atoms with Crippen LogP contribution in [0.25, 0.3) is 0 Å². The molecule has 5 heteroatoms. The Morgan fingerprint density at radius 3 is 2.75 bits per heavy atom. The van der Waals surface area contributed by atoms with Crippen molar-refractivity contribution in [1.82, 2.24) is 10.2 Å². The van der Waals surface area contributed by atoms with E-state index in [0.717, 1.165) is 11.3 Å². The average molecular weight is 297 g/mol. The van der Waals surface area contributed by atoms with Crippen LogP contribution >= 0.6 is 11.6 Å². The normalized spacial score (nSPS) is 12.8. The van der Waals surface area contributed by atoms with Gasteiger partial charge in [-0.3, -0.25) is 4.90 Å². The van der Waals surface area contributed by atoms with Gasteiger partial charge >= 0.3 is 0 Å². The zero-order valence-electron chi connectivity index (χ0n) is 11.6. The number of hydrogen-bond acceptors (Lipinski definition) is 3. The van der Waals surface area contributed by atoms with Gasteiger partial charge in [0.15, 0.2) is 0 Å². The van der Waals surface area contributed by atoms with Crippen LogP contribution in [0.2, 0.25) is 5.02 Å². The maximum Gasteiger partial charge on any atom is 0.125 e. The van der Waals surface area contributed by atoms with Gasteiger partial charge in [-0.1, -0.05) is 11.6 Å². The fourth-order valence-corrected chi connectivity index (χ4v) is 2.33. The molecule has 108 valence electrons. The molecule has 1 aromatic carbocycles. The fourth-order valence-electron chi connectivity index (χ4n) is 2.08. The average Bonchev–Trinajstić information content (AvgIpc) is 2.86. The van der Waals surface area contributed by atoms with E-state index in [1.54, 1.807) is 12.3 Å². The second kappa shape index (κ2) is 6.88. The summed E-state index contributed by atoms with van der Waals surface area (Å²) in [6.45, 7) is 1.26. The monoisotopic (exact) mass is 296 g/mol. The van der Waals surface area contributed by atoms with Gasteiger partial charge in [-0.05, 0) is 50.0 Å². The Hall–Kier alpha value is -1.36. The number of halogens is 2. The van der Waals surface area contributed by atoms with Crippen molar-refractivity contribution < 1.29 is 8.81 Å². The minimum atomic E-state index is -0.315. The van der Waals surface area contributed by atoms with Crippen LogP contribution in [0.3, 0.4) is 0 Å². The molecule has 2 aromatic rings. The highest BCUT2D eigenvalue weighted by Crippen LogP contribution is 2.18. The molecule has 3 nitrogen and oxygen atoms in total. The lowest BCUT2D eigenvalue weighted by Crippen LogP contribution is -2.30. The number of benzene rings is 1. The molecule has 1 aromatic heterocycles. The van der Waals surface area contributed by atoms with Gasteiger partial charge in [0.1, 0.15) is 11.6 Å². The van der Waals surface area contributed by atoms with Gasteiger partial charge in [0.2, 0.25) is 0 Å². The second-order valence-corrected chi connectivity index (χ2v) is 5.34. The number of furan rings is 1. The second-order valence-electron chi connectivity index (χ2n) is 4.90. The summed E-state index contributed by atoms with van der Waals surface area (Å²) in [4.78, 5) is 2.07. The molecule has 0 aliphatic rings. The summed E-state index contributed by atoms with van der Waals surface area (Å²) in [5, 5.41) is 3.71. The summed E-state index contributed by atoms with van der Waals surface area (Å²) in [7, 11) is 3.99. The first-order chi connectivity index (χ1) is 9.56. The van der Waals surface area contributed by atoms with E-state index in [1.165, 1.54) is 12.1 Å². The first-order valence-electron chi connectivity index (χ1n) is 6.42. The van der Waals surface area contributed by atoms with E-state index in [1.807, 2.05) is 26.2 Å². The van der Waals surface area contributed by atoms with Crippen LogP contribution in [-0.4, -0.2) is 25.5 Å². The number of likely N-dealkylation sites (N-methyl/N-ethyl adjacent to an activating group) is 1. The summed E-state index contributed by atoms with van der Waals surface area (Å²) >= 11 is 5.83. The predicted octanol–water partition coefficient (Wildman–Crippen LogP) is 3.46. The zero-order chi connectivity index (χ0) is 14.5. The van der Waals surface area contributed by atoms with Crippen LogP contribution in [0.4, 0.5) is 4.39 Å². The molecule has 1 unspecified atom stereocenters. The highest BCUT2D eigenvalue weighted by molar-refractivity contribution is 6.30. The molecule has 0 saturated carbocycles. The lowest BCUT2D eigenvalue weighted by atomic mass is 10.2. The van der Waals surface area contributed by atoms with E-state index in [4.69, 9.17) is 16.0 Å². The van der Waals surface area contributed by atoms with E-state index >= 15 is 0 Å². The molecule has 0 bridgehead atoms. The van der Waals surface area contributed by atoms with E-state index in [9.17, 15) is 4.39 Å². The Morgan fingerprint density at radius 1 is 1.35 bits per heavy atom. The minimum Gasteiger partial charge on any atom is -0.468 e. The predicted molar refractivity (Wildman–Crippen MR) is 78.3 cm³/mol. The molecule has 0 spiro atoms. The summed E-state index contributed by atoms with van der Waals surface area (Å²) in [6, 6.07) is 8.50. The van der Waals surface area contributed by atoms with Crippen molar-refractivity contribution in [2.24, 2.45) is 0 Å². The summed E-state index contributed by atoms with van der Waals surface area (Å²) in [5.41, 5.74) is 0.826. The molecule has 1 heterocycles. The van der Waals surface area contributed by atoms with Gasteiger partial charge in [0.05, 0.1) is 12.3 Å². The van der Waals surface area contributed by atoms with Crippen LogP contribution in [0.5, 0.6) is 0 Å². The molecule has 1 N–H and O–H groups in total. The lowest BCUT2D eigenvalue weighted by Gasteiger charge is -2.22. The zero-order valence-corrected chi connectivity index (χ0v) is 12.3. The van der Waals surface area contributed by atoms with Crippen LogP contribution in [0.15, 0.2) is 41.0 Å². The van der Waals surface area contributed by atoms with Crippen LogP contribution in [0, 0.1) is 5.82 Å². The molecule has 0 aliphatic carbocycles. The fraction of sp³-hybridized carbons (Fsp3) is 0.333. The molecule has 0 saturated heterocycles. The summed E-state index contributed by atoms with van der Waals surface area (Å²) < 4.78 is 18.7. The number of rotatable bonds is 6. The Balaban J connectivity index is 1.93. The Kier molecular flexibility index (Phi) is 5.17. The Labute approximate surface area is 123 Å². The number of nitrogens with zero attached hydrogens (tertiary/aromatic N) is 1. The van der Waals surface area contributed by atoms with E-state index in [-0.39, 0.29) is 11.9 Å². The summed E-state index contributed by atoms with van der Waals surface area (Å²) in [5.74, 6) is 0.587. The van der Waals surface area contributed by atoms with Crippen LogP contribution in [0.1, 0.15) is 17.4 Å². The quantitative estimate of drug-likeness (QED) is 0.885. The Morgan fingerprint density at radius 2 is 2.15 bits per heavy atom. The molecule has 2 rings (SSSR count). The maximum absolute atomic E-state index is 13.2. The SMILES string of the molecule is CN(C)C(CNCc1cc(F)cc(Cl)c1)c1ccco1. The summed E-state index contributed by atoms with van der Waals surface area (Å²) in [6.07, 6.45) is 1.66. The number of nitrogens with one attached hydrogen (secondary N) is 1. The molecular formula is C15H18ClFN2O. The van der Waals surface area contributed by atoms with Gasteiger partial charge in [-0.2, -0.15) is 0 Å². The topological polar surface area (TPSA) is 28.4 Å². The first kappa shape index (κ1) is 15.0. The van der Waals surface area contributed by atoms with Crippen molar-refractivity contribution in [1.29, 1.82) is 0 Å². The molecule has 0 radical (unpaired) electrons. The lowest BCUT2D eigenvalue weighted by molar-refractivity contribution is 0.250. The van der Waals surface area contributed by atoms with Crippen LogP contribution in [-0.2, 0) is 6.54 Å². The van der Waals surface area contributed by atoms with Crippen molar-refractivity contribution in [2.45, 2.75) is 12.6 Å². The largest absolute Gasteiger partial charge is 0.468 e. The van der Waals surface area contributed by atoms with E-state index in [2.05, 4.69) is 10.2 Å². The highest BCUT2D eigenvalue weighted by atomic mass is 35.5. The van der Waals surface area contributed by atoms with Gasteiger partial charge in [-0.15, -0.1) is 0 Å². The van der Waals surface area contributed by atoms with Crippen molar-refractivity contribution in [3.63, 3.8) is 0 Å². The van der Waals surface area contributed by atoms with Crippen molar-refractivity contribution in [2.75, 3.05) is 20.6 Å². The van der Waals surface area contributed by atoms with E-state index in [0.29, 0.717) is 18.1 Å². The maximum atomic E-state index is 13.2. The molecule has 1 atom stereocenters. The highest BCUT2D eigenvalue weighted by Gasteiger charge is 2.16. The smallest absolute Gasteiger partial charge is 0.125 e. The van der Waals surface area contributed by atoms with Crippen LogP contribution < -0.4 is 5.32 Å². The van der Waals surface area contributed by atoms with Gasteiger partial charge in [0.25, 0.3) is 0 Å². The molecule has 0 amide bonds. The third-order valence-electron chi connectivity index (χ3n) is 3.08. The number of hydrogen-bond donors (Lipinski definition) is 1. The third-order valence-corrected chi connectivity index (χ3v) is 3.30. The molecule has 20 heavy (non-hydrogen) atoms. The first-order valence-corrected chi connectivity index (χ1v) is 6.79.